The number of halogens is 2. The van der Waals surface area contributed by atoms with Crippen LogP contribution in [0.1, 0.15) is 15.9 Å². The quantitative estimate of drug-likeness (QED) is 0.546. The molecule has 3 rings (SSSR count). The van der Waals surface area contributed by atoms with Crippen LogP contribution in [0, 0.1) is 18.6 Å². The Hall–Kier alpha value is -3.79. The van der Waals surface area contributed by atoms with E-state index in [0.717, 1.165) is 17.0 Å². The molecule has 0 heterocycles. The molecule has 2 amide bonds. The standard InChI is InChI=1S/C23H21F2N3O4S/c1-15-3-12-20(33(31,32)27-19-10-6-17(25)7-11-19)13-21(15)23(30)28(2)14-22(29)26-18-8-4-16(24)5-9-18/h3-13,27H,14H2,1-2H3,(H,26,29). The van der Waals surface area contributed by atoms with E-state index in [1.165, 1.54) is 61.6 Å². The monoisotopic (exact) mass is 473 g/mol. The van der Waals surface area contributed by atoms with Gasteiger partial charge in [0, 0.05) is 24.0 Å². The number of nitrogens with zero attached hydrogens (tertiary/aromatic N) is 1. The van der Waals surface area contributed by atoms with Crippen molar-refractivity contribution in [2.75, 3.05) is 23.6 Å². The van der Waals surface area contributed by atoms with Crippen LogP contribution in [0.2, 0.25) is 0 Å². The van der Waals surface area contributed by atoms with E-state index in [1.54, 1.807) is 6.92 Å². The van der Waals surface area contributed by atoms with E-state index < -0.39 is 33.5 Å². The maximum absolute atomic E-state index is 13.1. The predicted octanol–water partition coefficient (Wildman–Crippen LogP) is 3.78. The van der Waals surface area contributed by atoms with Crippen LogP contribution in [0.25, 0.3) is 0 Å². The van der Waals surface area contributed by atoms with Crippen molar-refractivity contribution >= 4 is 33.2 Å². The molecular formula is C23H21F2N3O4S. The van der Waals surface area contributed by atoms with Gasteiger partial charge in [0.15, 0.2) is 0 Å². The van der Waals surface area contributed by atoms with Gasteiger partial charge in [-0.05, 0) is 73.2 Å². The first kappa shape index (κ1) is 23.9. The molecular weight excluding hydrogens is 452 g/mol. The molecule has 0 spiro atoms. The highest BCUT2D eigenvalue weighted by Gasteiger charge is 2.21. The second kappa shape index (κ2) is 9.78. The Kier molecular flexibility index (Phi) is 7.07. The third-order valence-corrected chi connectivity index (χ3v) is 6.08. The van der Waals surface area contributed by atoms with Gasteiger partial charge in [0.1, 0.15) is 11.6 Å². The average molecular weight is 474 g/mol. The minimum Gasteiger partial charge on any atom is -0.332 e. The van der Waals surface area contributed by atoms with Crippen LogP contribution in [0.3, 0.4) is 0 Å². The molecule has 172 valence electrons. The fourth-order valence-corrected chi connectivity index (χ4v) is 4.04. The number of aryl methyl sites for hydroxylation is 1. The molecule has 33 heavy (non-hydrogen) atoms. The number of sulfonamides is 1. The molecule has 2 N–H and O–H groups in total. The van der Waals surface area contributed by atoms with E-state index in [1.807, 2.05) is 0 Å². The fraction of sp³-hybridized carbons (Fsp3) is 0.130. The summed E-state index contributed by atoms with van der Waals surface area (Å²) in [7, 11) is -2.64. The molecule has 0 bridgehead atoms. The summed E-state index contributed by atoms with van der Waals surface area (Å²) in [5.74, 6) is -2.01. The molecule has 0 saturated carbocycles. The molecule has 0 aromatic heterocycles. The average Bonchev–Trinajstić information content (AvgIpc) is 2.76. The van der Waals surface area contributed by atoms with Crippen LogP contribution in [0.5, 0.6) is 0 Å². The first-order valence-electron chi connectivity index (χ1n) is 9.75. The van der Waals surface area contributed by atoms with E-state index in [-0.39, 0.29) is 22.7 Å². The van der Waals surface area contributed by atoms with E-state index >= 15 is 0 Å². The Morgan fingerprint density at radius 3 is 2.00 bits per heavy atom. The third kappa shape index (κ3) is 6.13. The molecule has 0 fully saturated rings. The SMILES string of the molecule is Cc1ccc(S(=O)(=O)Nc2ccc(F)cc2)cc1C(=O)N(C)CC(=O)Nc1ccc(F)cc1. The number of nitrogens with one attached hydrogen (secondary N) is 2. The van der Waals surface area contributed by atoms with Gasteiger partial charge < -0.3 is 10.2 Å². The Morgan fingerprint density at radius 2 is 1.42 bits per heavy atom. The smallest absolute Gasteiger partial charge is 0.261 e. The van der Waals surface area contributed by atoms with E-state index in [0.29, 0.717) is 11.3 Å². The van der Waals surface area contributed by atoms with E-state index in [9.17, 15) is 26.8 Å². The lowest BCUT2D eigenvalue weighted by Gasteiger charge is -2.19. The maximum atomic E-state index is 13.1. The predicted molar refractivity (Wildman–Crippen MR) is 120 cm³/mol. The van der Waals surface area contributed by atoms with Crippen molar-refractivity contribution in [3.63, 3.8) is 0 Å². The van der Waals surface area contributed by atoms with Crippen LogP contribution < -0.4 is 10.0 Å². The zero-order valence-electron chi connectivity index (χ0n) is 17.8. The maximum Gasteiger partial charge on any atom is 0.261 e. The van der Waals surface area contributed by atoms with Crippen LogP contribution in [-0.4, -0.2) is 38.7 Å². The van der Waals surface area contributed by atoms with Crippen molar-refractivity contribution in [2.24, 2.45) is 0 Å². The molecule has 0 aliphatic rings. The van der Waals surface area contributed by atoms with Crippen LogP contribution in [0.4, 0.5) is 20.2 Å². The van der Waals surface area contributed by atoms with Crippen molar-refractivity contribution < 1.29 is 26.8 Å². The molecule has 0 atom stereocenters. The number of carbonyl (C=O) groups excluding carboxylic acids is 2. The van der Waals surface area contributed by atoms with E-state index in [4.69, 9.17) is 0 Å². The van der Waals surface area contributed by atoms with Gasteiger partial charge in [-0.3, -0.25) is 14.3 Å². The first-order chi connectivity index (χ1) is 15.5. The number of hydrogen-bond acceptors (Lipinski definition) is 4. The molecule has 0 unspecified atom stereocenters. The van der Waals surface area contributed by atoms with Gasteiger partial charge >= 0.3 is 0 Å². The largest absolute Gasteiger partial charge is 0.332 e. The molecule has 10 heteroatoms. The number of hydrogen-bond donors (Lipinski definition) is 2. The van der Waals surface area contributed by atoms with Crippen molar-refractivity contribution in [3.8, 4) is 0 Å². The van der Waals surface area contributed by atoms with Gasteiger partial charge in [-0.1, -0.05) is 6.07 Å². The van der Waals surface area contributed by atoms with Gasteiger partial charge in [-0.2, -0.15) is 0 Å². The molecule has 3 aromatic rings. The minimum atomic E-state index is -4.05. The Morgan fingerprint density at radius 1 is 0.879 bits per heavy atom. The summed E-state index contributed by atoms with van der Waals surface area (Å²) in [6.45, 7) is 1.34. The number of amides is 2. The second-order valence-electron chi connectivity index (χ2n) is 7.31. The third-order valence-electron chi connectivity index (χ3n) is 4.70. The lowest BCUT2D eigenvalue weighted by Crippen LogP contribution is -2.35. The highest BCUT2D eigenvalue weighted by molar-refractivity contribution is 7.92. The number of anilines is 2. The van der Waals surface area contributed by atoms with Gasteiger partial charge in [0.25, 0.3) is 15.9 Å². The second-order valence-corrected chi connectivity index (χ2v) is 8.99. The van der Waals surface area contributed by atoms with Crippen molar-refractivity contribution in [1.29, 1.82) is 0 Å². The Balaban J connectivity index is 1.74. The normalized spacial score (nSPS) is 11.0. The molecule has 3 aromatic carbocycles. The summed E-state index contributed by atoms with van der Waals surface area (Å²) in [4.78, 5) is 26.1. The van der Waals surface area contributed by atoms with Crippen molar-refractivity contribution in [2.45, 2.75) is 11.8 Å². The summed E-state index contributed by atoms with van der Waals surface area (Å²) in [6.07, 6.45) is 0. The van der Waals surface area contributed by atoms with Crippen LogP contribution >= 0.6 is 0 Å². The number of carbonyl (C=O) groups is 2. The number of benzene rings is 3. The first-order valence-corrected chi connectivity index (χ1v) is 11.2. The minimum absolute atomic E-state index is 0.106. The summed E-state index contributed by atoms with van der Waals surface area (Å²) in [5.41, 5.74) is 1.17. The summed E-state index contributed by atoms with van der Waals surface area (Å²) in [5, 5.41) is 2.56. The van der Waals surface area contributed by atoms with Gasteiger partial charge in [-0.15, -0.1) is 0 Å². The lowest BCUT2D eigenvalue weighted by molar-refractivity contribution is -0.116. The summed E-state index contributed by atoms with van der Waals surface area (Å²) < 4.78 is 53.8. The summed E-state index contributed by atoms with van der Waals surface area (Å²) >= 11 is 0. The topological polar surface area (TPSA) is 95.6 Å². The Labute approximate surface area is 190 Å². The van der Waals surface area contributed by atoms with Crippen LogP contribution in [0.15, 0.2) is 71.6 Å². The lowest BCUT2D eigenvalue weighted by atomic mass is 10.1. The van der Waals surface area contributed by atoms with Gasteiger partial charge in [-0.25, -0.2) is 17.2 Å². The van der Waals surface area contributed by atoms with Gasteiger partial charge in [0.05, 0.1) is 11.4 Å². The fourth-order valence-electron chi connectivity index (χ4n) is 2.96. The van der Waals surface area contributed by atoms with E-state index in [2.05, 4.69) is 10.0 Å². The van der Waals surface area contributed by atoms with Crippen LogP contribution in [-0.2, 0) is 14.8 Å². The van der Waals surface area contributed by atoms with Crippen molar-refractivity contribution in [3.05, 3.63) is 89.5 Å². The molecule has 7 nitrogen and oxygen atoms in total. The summed E-state index contributed by atoms with van der Waals surface area (Å²) in [6, 6.07) is 14.0. The number of rotatable bonds is 7. The number of likely N-dealkylation sites (N-methyl/N-ethyl adjacent to an activating group) is 1. The van der Waals surface area contributed by atoms with Crippen molar-refractivity contribution in [1.82, 2.24) is 4.90 Å². The molecule has 0 aliphatic heterocycles. The molecule has 0 saturated heterocycles. The van der Waals surface area contributed by atoms with Gasteiger partial charge in [0.2, 0.25) is 5.91 Å². The highest BCUT2D eigenvalue weighted by atomic mass is 32.2. The highest BCUT2D eigenvalue weighted by Crippen LogP contribution is 2.21. The molecule has 0 aliphatic carbocycles. The Bertz CT molecular complexity index is 1280. The zero-order valence-corrected chi connectivity index (χ0v) is 18.6. The molecule has 0 radical (unpaired) electrons. The zero-order chi connectivity index (χ0) is 24.2.